The summed E-state index contributed by atoms with van der Waals surface area (Å²) in [6.07, 6.45) is 1.94. The zero-order valence-corrected chi connectivity index (χ0v) is 11.4. The van der Waals surface area contributed by atoms with Crippen LogP contribution in [0.2, 0.25) is 0 Å². The summed E-state index contributed by atoms with van der Waals surface area (Å²) in [5.41, 5.74) is 1.37. The van der Waals surface area contributed by atoms with Gasteiger partial charge in [-0.1, -0.05) is 44.2 Å². The van der Waals surface area contributed by atoms with E-state index in [1.54, 1.807) is 0 Å². The fraction of sp³-hybridized carbons (Fsp3) is 0.562. The third-order valence-electron chi connectivity index (χ3n) is 3.75. The maximum Gasteiger partial charge on any atom is 0.135 e. The van der Waals surface area contributed by atoms with Gasteiger partial charge < -0.3 is 0 Å². The molecule has 18 heavy (non-hydrogen) atoms. The van der Waals surface area contributed by atoms with Gasteiger partial charge in [-0.05, 0) is 24.4 Å². The minimum absolute atomic E-state index is 0.188. The Bertz CT molecular complexity index is 385. The van der Waals surface area contributed by atoms with E-state index >= 15 is 0 Å². The Hall–Kier alpha value is -1.15. The normalized spacial score (nSPS) is 20.5. The molecule has 0 aromatic heterocycles. The summed E-state index contributed by atoms with van der Waals surface area (Å²) in [5.74, 6) is 1.18. The van der Waals surface area contributed by atoms with Gasteiger partial charge in [0.25, 0.3) is 0 Å². The highest BCUT2D eigenvalue weighted by Crippen LogP contribution is 2.22. The maximum atomic E-state index is 11.7. The van der Waals surface area contributed by atoms with E-state index in [1.807, 2.05) is 13.8 Å². The third-order valence-corrected chi connectivity index (χ3v) is 3.75. The number of rotatable bonds is 5. The first-order valence-corrected chi connectivity index (χ1v) is 6.94. The molecule has 1 aliphatic rings. The van der Waals surface area contributed by atoms with Crippen LogP contribution >= 0.6 is 0 Å². The second-order valence-corrected chi connectivity index (χ2v) is 5.70. The summed E-state index contributed by atoms with van der Waals surface area (Å²) < 4.78 is 0. The van der Waals surface area contributed by atoms with Crippen LogP contribution in [0.3, 0.4) is 0 Å². The van der Waals surface area contributed by atoms with Gasteiger partial charge in [0.1, 0.15) is 5.78 Å². The van der Waals surface area contributed by atoms with Crippen LogP contribution in [0.25, 0.3) is 0 Å². The Morgan fingerprint density at radius 2 is 2.06 bits per heavy atom. The molecule has 0 aliphatic carbocycles. The van der Waals surface area contributed by atoms with Gasteiger partial charge in [-0.2, -0.15) is 0 Å². The first-order valence-electron chi connectivity index (χ1n) is 6.94. The van der Waals surface area contributed by atoms with Crippen molar-refractivity contribution in [3.8, 4) is 0 Å². The number of hydrogen-bond acceptors (Lipinski definition) is 2. The number of ketones is 1. The van der Waals surface area contributed by atoms with Crippen molar-refractivity contribution in [3.05, 3.63) is 35.9 Å². The standard InChI is InChI=1S/C16H23NO/c1-13(2)16(18)10-15-8-9-17(12-15)11-14-6-4-3-5-7-14/h3-7,13,15H,8-12H2,1-2H3/t15-/m1/s1. The fourth-order valence-corrected chi connectivity index (χ4v) is 2.58. The molecule has 1 heterocycles. The summed E-state index contributed by atoms with van der Waals surface area (Å²) in [7, 11) is 0. The molecule has 2 nitrogen and oxygen atoms in total. The molecule has 1 aromatic rings. The number of Topliss-reactive ketones (excluding diaryl/α,β-unsaturated/α-hetero) is 1. The van der Waals surface area contributed by atoms with Gasteiger partial charge in [-0.15, -0.1) is 0 Å². The molecule has 98 valence electrons. The van der Waals surface area contributed by atoms with Crippen LogP contribution in [0.1, 0.15) is 32.3 Å². The summed E-state index contributed by atoms with van der Waals surface area (Å²) >= 11 is 0. The lowest BCUT2D eigenvalue weighted by Crippen LogP contribution is -2.21. The van der Waals surface area contributed by atoms with Crippen molar-refractivity contribution in [3.63, 3.8) is 0 Å². The van der Waals surface area contributed by atoms with Crippen LogP contribution in [0.4, 0.5) is 0 Å². The van der Waals surface area contributed by atoms with Gasteiger partial charge in [-0.25, -0.2) is 0 Å². The SMILES string of the molecule is CC(C)C(=O)C[C@H]1CCN(Cc2ccccc2)C1. The Labute approximate surface area is 110 Å². The van der Waals surface area contributed by atoms with Crippen molar-refractivity contribution in [1.82, 2.24) is 4.90 Å². The van der Waals surface area contributed by atoms with Crippen molar-refractivity contribution in [1.29, 1.82) is 0 Å². The molecule has 1 aliphatic heterocycles. The highest BCUT2D eigenvalue weighted by Gasteiger charge is 2.25. The minimum Gasteiger partial charge on any atom is -0.299 e. The smallest absolute Gasteiger partial charge is 0.135 e. The molecule has 0 spiro atoms. The second-order valence-electron chi connectivity index (χ2n) is 5.70. The van der Waals surface area contributed by atoms with Crippen molar-refractivity contribution in [2.24, 2.45) is 11.8 Å². The number of hydrogen-bond donors (Lipinski definition) is 0. The Morgan fingerprint density at radius 3 is 2.72 bits per heavy atom. The molecular formula is C16H23NO. The van der Waals surface area contributed by atoms with E-state index < -0.39 is 0 Å². The Balaban J connectivity index is 1.80. The van der Waals surface area contributed by atoms with E-state index in [9.17, 15) is 4.79 Å². The van der Waals surface area contributed by atoms with E-state index in [0.29, 0.717) is 11.7 Å². The molecule has 2 heteroatoms. The van der Waals surface area contributed by atoms with E-state index in [4.69, 9.17) is 0 Å². The number of carbonyl (C=O) groups excluding carboxylic acids is 1. The predicted octanol–water partition coefficient (Wildman–Crippen LogP) is 3.12. The first-order chi connectivity index (χ1) is 8.65. The van der Waals surface area contributed by atoms with Gasteiger partial charge >= 0.3 is 0 Å². The predicted molar refractivity (Wildman–Crippen MR) is 74.3 cm³/mol. The molecule has 1 fully saturated rings. The van der Waals surface area contributed by atoms with Crippen LogP contribution in [-0.2, 0) is 11.3 Å². The summed E-state index contributed by atoms with van der Waals surface area (Å²) in [4.78, 5) is 14.2. The van der Waals surface area contributed by atoms with Crippen molar-refractivity contribution in [2.75, 3.05) is 13.1 Å². The van der Waals surface area contributed by atoms with Crippen LogP contribution in [0.15, 0.2) is 30.3 Å². The van der Waals surface area contributed by atoms with Gasteiger partial charge in [0.05, 0.1) is 0 Å². The molecule has 1 saturated heterocycles. The molecule has 0 saturated carbocycles. The maximum absolute atomic E-state index is 11.7. The van der Waals surface area contributed by atoms with Gasteiger partial charge in [-0.3, -0.25) is 9.69 Å². The topological polar surface area (TPSA) is 20.3 Å². The molecule has 0 unspecified atom stereocenters. The van der Waals surface area contributed by atoms with Crippen LogP contribution < -0.4 is 0 Å². The number of nitrogens with zero attached hydrogens (tertiary/aromatic N) is 1. The molecule has 0 amide bonds. The third kappa shape index (κ3) is 3.67. The fourth-order valence-electron chi connectivity index (χ4n) is 2.58. The molecule has 0 bridgehead atoms. The molecule has 0 N–H and O–H groups in total. The lowest BCUT2D eigenvalue weighted by molar-refractivity contribution is -0.122. The summed E-state index contributed by atoms with van der Waals surface area (Å²) in [5, 5.41) is 0. The van der Waals surface area contributed by atoms with Gasteiger partial charge in [0.2, 0.25) is 0 Å². The Morgan fingerprint density at radius 1 is 1.33 bits per heavy atom. The van der Waals surface area contributed by atoms with E-state index in [1.165, 1.54) is 12.0 Å². The highest BCUT2D eigenvalue weighted by molar-refractivity contribution is 5.80. The van der Waals surface area contributed by atoms with Crippen LogP contribution in [-0.4, -0.2) is 23.8 Å². The van der Waals surface area contributed by atoms with Crippen molar-refractivity contribution < 1.29 is 4.79 Å². The van der Waals surface area contributed by atoms with Crippen molar-refractivity contribution >= 4 is 5.78 Å². The van der Waals surface area contributed by atoms with Gasteiger partial charge in [0, 0.05) is 25.4 Å². The average molecular weight is 245 g/mol. The Kier molecular flexibility index (Phi) is 4.54. The van der Waals surface area contributed by atoms with Crippen molar-refractivity contribution in [2.45, 2.75) is 33.2 Å². The van der Waals surface area contributed by atoms with Crippen LogP contribution in [0.5, 0.6) is 0 Å². The summed E-state index contributed by atoms with van der Waals surface area (Å²) in [6.45, 7) is 7.23. The lowest BCUT2D eigenvalue weighted by Gasteiger charge is -2.16. The van der Waals surface area contributed by atoms with E-state index in [-0.39, 0.29) is 5.92 Å². The number of likely N-dealkylation sites (tertiary alicyclic amines) is 1. The van der Waals surface area contributed by atoms with Gasteiger partial charge in [0.15, 0.2) is 0 Å². The zero-order valence-electron chi connectivity index (χ0n) is 11.4. The molecule has 1 aromatic carbocycles. The molecule has 0 radical (unpaired) electrons. The average Bonchev–Trinajstić information content (AvgIpc) is 2.77. The summed E-state index contributed by atoms with van der Waals surface area (Å²) in [6, 6.07) is 10.6. The number of benzene rings is 1. The van der Waals surface area contributed by atoms with E-state index in [0.717, 1.165) is 26.1 Å². The van der Waals surface area contributed by atoms with E-state index in [2.05, 4.69) is 35.2 Å². The lowest BCUT2D eigenvalue weighted by atomic mass is 9.96. The minimum atomic E-state index is 0.188. The van der Waals surface area contributed by atoms with Crippen LogP contribution in [0, 0.1) is 11.8 Å². The molecular weight excluding hydrogens is 222 g/mol. The second kappa shape index (κ2) is 6.14. The first kappa shape index (κ1) is 13.3. The molecule has 1 atom stereocenters. The number of carbonyl (C=O) groups is 1. The zero-order chi connectivity index (χ0) is 13.0. The largest absolute Gasteiger partial charge is 0.299 e. The highest BCUT2D eigenvalue weighted by atomic mass is 16.1. The quantitative estimate of drug-likeness (QED) is 0.794. The molecule has 2 rings (SSSR count). The monoisotopic (exact) mass is 245 g/mol.